The number of hydrogen-bond acceptors (Lipinski definition) is 6. The van der Waals surface area contributed by atoms with Gasteiger partial charge in [-0.15, -0.1) is 0 Å². The number of hydrogen-bond donors (Lipinski definition) is 2. The van der Waals surface area contributed by atoms with Crippen LogP contribution in [0.1, 0.15) is 17.2 Å². The molecule has 1 heterocycles. The van der Waals surface area contributed by atoms with Gasteiger partial charge in [0.15, 0.2) is 24.2 Å². The molecule has 2 N–H and O–H groups in total. The van der Waals surface area contributed by atoms with Gasteiger partial charge < -0.3 is 19.9 Å². The summed E-state index contributed by atoms with van der Waals surface area (Å²) >= 11 is 0. The number of nitriles is 1. The predicted octanol–water partition coefficient (Wildman–Crippen LogP) is 1.38. The Balaban J connectivity index is 1.89. The van der Waals surface area contributed by atoms with Crippen LogP contribution in [0, 0.1) is 11.3 Å². The lowest BCUT2D eigenvalue weighted by Crippen LogP contribution is -2.31. The highest BCUT2D eigenvalue weighted by molar-refractivity contribution is 5.81. The van der Waals surface area contributed by atoms with Crippen LogP contribution < -0.4 is 14.8 Å². The van der Waals surface area contributed by atoms with Gasteiger partial charge in [0, 0.05) is 24.5 Å². The number of methoxy groups -OCH3 is 1. The van der Waals surface area contributed by atoms with Crippen LogP contribution in [0.15, 0.2) is 42.7 Å². The summed E-state index contributed by atoms with van der Waals surface area (Å²) in [4.78, 5) is 15.8. The molecule has 1 amide bonds. The van der Waals surface area contributed by atoms with Crippen LogP contribution in [0.2, 0.25) is 0 Å². The Bertz CT molecular complexity index is 744. The first-order valence-electron chi connectivity index (χ1n) is 7.68. The second kappa shape index (κ2) is 9.25. The largest absolute Gasteiger partial charge is 0.493 e. The van der Waals surface area contributed by atoms with Gasteiger partial charge in [0.1, 0.15) is 6.07 Å². The van der Waals surface area contributed by atoms with Crippen molar-refractivity contribution in [1.82, 2.24) is 10.3 Å². The Hall–Kier alpha value is -3.11. The molecule has 0 saturated carbocycles. The van der Waals surface area contributed by atoms with Gasteiger partial charge >= 0.3 is 0 Å². The quantitative estimate of drug-likeness (QED) is 0.752. The molecule has 0 saturated heterocycles. The first-order chi connectivity index (χ1) is 12.2. The zero-order valence-electron chi connectivity index (χ0n) is 13.8. The first-order valence-corrected chi connectivity index (χ1v) is 7.68. The van der Waals surface area contributed by atoms with Crippen LogP contribution in [-0.4, -0.2) is 36.3 Å². The minimum Gasteiger partial charge on any atom is -0.493 e. The van der Waals surface area contributed by atoms with Gasteiger partial charge in [-0.05, 0) is 30.2 Å². The molecule has 130 valence electrons. The molecule has 1 aromatic carbocycles. The van der Waals surface area contributed by atoms with Gasteiger partial charge in [-0.3, -0.25) is 9.78 Å². The Labute approximate surface area is 145 Å². The van der Waals surface area contributed by atoms with E-state index in [-0.39, 0.29) is 6.61 Å². The van der Waals surface area contributed by atoms with E-state index < -0.39 is 12.0 Å². The number of rotatable bonds is 8. The van der Waals surface area contributed by atoms with E-state index in [1.54, 1.807) is 30.5 Å². The van der Waals surface area contributed by atoms with Crippen molar-refractivity contribution in [3.63, 3.8) is 0 Å². The van der Waals surface area contributed by atoms with E-state index >= 15 is 0 Å². The number of aromatic nitrogens is 1. The molecule has 1 atom stereocenters. The number of aliphatic hydroxyl groups excluding tert-OH is 1. The third-order valence-electron chi connectivity index (χ3n) is 3.48. The maximum absolute atomic E-state index is 12.0. The lowest BCUT2D eigenvalue weighted by molar-refractivity contribution is -0.129. The highest BCUT2D eigenvalue weighted by atomic mass is 16.5. The molecule has 0 bridgehead atoms. The van der Waals surface area contributed by atoms with Gasteiger partial charge in [0.05, 0.1) is 7.11 Å². The first kappa shape index (κ1) is 18.2. The molecule has 0 spiro atoms. The fourth-order valence-corrected chi connectivity index (χ4v) is 2.21. The number of benzene rings is 1. The van der Waals surface area contributed by atoms with Crippen molar-refractivity contribution < 1.29 is 19.4 Å². The zero-order chi connectivity index (χ0) is 18.1. The van der Waals surface area contributed by atoms with Crippen molar-refractivity contribution in [1.29, 1.82) is 5.26 Å². The normalized spacial score (nSPS) is 11.2. The molecular weight excluding hydrogens is 322 g/mol. The van der Waals surface area contributed by atoms with E-state index in [4.69, 9.17) is 14.7 Å². The molecule has 2 aromatic rings. The standard InChI is InChI=1S/C18H19N3O4/c1-24-16-11-13(4-5-15(16)25-10-7-19)6-9-21-18(23)17(22)14-3-2-8-20-12-14/h2-5,8,11-12,17,22H,6,9-10H2,1H3,(H,21,23). The molecule has 25 heavy (non-hydrogen) atoms. The Morgan fingerprint density at radius 1 is 1.40 bits per heavy atom. The van der Waals surface area contributed by atoms with Crippen LogP contribution >= 0.6 is 0 Å². The summed E-state index contributed by atoms with van der Waals surface area (Å²) in [6, 6.07) is 10.5. The van der Waals surface area contributed by atoms with Gasteiger partial charge in [-0.25, -0.2) is 0 Å². The number of carbonyl (C=O) groups is 1. The van der Waals surface area contributed by atoms with Crippen LogP contribution in [0.3, 0.4) is 0 Å². The third-order valence-corrected chi connectivity index (χ3v) is 3.48. The maximum Gasteiger partial charge on any atom is 0.253 e. The van der Waals surface area contributed by atoms with Crippen molar-refractivity contribution in [3.8, 4) is 17.6 Å². The average Bonchev–Trinajstić information content (AvgIpc) is 2.66. The minimum atomic E-state index is -1.25. The number of nitrogens with zero attached hydrogens (tertiary/aromatic N) is 2. The monoisotopic (exact) mass is 341 g/mol. The van der Waals surface area contributed by atoms with E-state index in [1.807, 2.05) is 12.1 Å². The van der Waals surface area contributed by atoms with Gasteiger partial charge in [-0.2, -0.15) is 5.26 Å². The maximum atomic E-state index is 12.0. The molecule has 0 aliphatic heterocycles. The lowest BCUT2D eigenvalue weighted by atomic mass is 10.1. The Morgan fingerprint density at radius 3 is 2.92 bits per heavy atom. The summed E-state index contributed by atoms with van der Waals surface area (Å²) in [6.07, 6.45) is 2.34. The van der Waals surface area contributed by atoms with Crippen molar-refractivity contribution in [2.24, 2.45) is 0 Å². The molecular formula is C18H19N3O4. The fraction of sp³-hybridized carbons (Fsp3) is 0.278. The molecule has 0 fully saturated rings. The van der Waals surface area contributed by atoms with E-state index in [9.17, 15) is 9.90 Å². The van der Waals surface area contributed by atoms with Crippen LogP contribution in [-0.2, 0) is 11.2 Å². The van der Waals surface area contributed by atoms with Crippen molar-refractivity contribution in [2.75, 3.05) is 20.3 Å². The smallest absolute Gasteiger partial charge is 0.253 e. The molecule has 1 aromatic heterocycles. The zero-order valence-corrected chi connectivity index (χ0v) is 13.8. The number of carbonyl (C=O) groups excluding carboxylic acids is 1. The van der Waals surface area contributed by atoms with Gasteiger partial charge in [-0.1, -0.05) is 12.1 Å². The van der Waals surface area contributed by atoms with E-state index in [0.29, 0.717) is 30.0 Å². The Kier molecular flexibility index (Phi) is 6.75. The average molecular weight is 341 g/mol. The molecule has 0 aliphatic rings. The van der Waals surface area contributed by atoms with Crippen LogP contribution in [0.25, 0.3) is 0 Å². The highest BCUT2D eigenvalue weighted by Crippen LogP contribution is 2.28. The second-order valence-corrected chi connectivity index (χ2v) is 5.16. The lowest BCUT2D eigenvalue weighted by Gasteiger charge is -2.12. The van der Waals surface area contributed by atoms with Crippen molar-refractivity contribution in [3.05, 3.63) is 53.9 Å². The summed E-state index contributed by atoms with van der Waals surface area (Å²) in [5.74, 6) is 0.534. The molecule has 7 nitrogen and oxygen atoms in total. The van der Waals surface area contributed by atoms with Crippen molar-refractivity contribution >= 4 is 5.91 Å². The van der Waals surface area contributed by atoms with E-state index in [1.165, 1.54) is 13.3 Å². The van der Waals surface area contributed by atoms with Gasteiger partial charge in [0.2, 0.25) is 0 Å². The number of ether oxygens (including phenoxy) is 2. The Morgan fingerprint density at radius 2 is 2.24 bits per heavy atom. The number of aliphatic hydroxyl groups is 1. The van der Waals surface area contributed by atoms with Crippen LogP contribution in [0.5, 0.6) is 11.5 Å². The molecule has 7 heteroatoms. The summed E-state index contributed by atoms with van der Waals surface area (Å²) in [7, 11) is 1.52. The van der Waals surface area contributed by atoms with Crippen LogP contribution in [0.4, 0.5) is 0 Å². The number of pyridine rings is 1. The minimum absolute atomic E-state index is 0.0575. The number of amides is 1. The van der Waals surface area contributed by atoms with Gasteiger partial charge in [0.25, 0.3) is 5.91 Å². The molecule has 0 radical (unpaired) electrons. The summed E-state index contributed by atoms with van der Waals surface area (Å²) in [6.45, 7) is 0.301. The summed E-state index contributed by atoms with van der Waals surface area (Å²) in [5, 5.41) is 21.2. The number of nitrogens with one attached hydrogen (secondary N) is 1. The second-order valence-electron chi connectivity index (χ2n) is 5.16. The molecule has 2 rings (SSSR count). The summed E-state index contributed by atoms with van der Waals surface area (Å²) < 4.78 is 10.5. The molecule has 1 unspecified atom stereocenters. The third kappa shape index (κ3) is 5.19. The predicted molar refractivity (Wildman–Crippen MR) is 90.0 cm³/mol. The van der Waals surface area contributed by atoms with E-state index in [2.05, 4.69) is 10.3 Å². The van der Waals surface area contributed by atoms with E-state index in [0.717, 1.165) is 5.56 Å². The SMILES string of the molecule is COc1cc(CCNC(=O)C(O)c2cccnc2)ccc1OCC#N. The fourth-order valence-electron chi connectivity index (χ4n) is 2.21. The summed E-state index contributed by atoms with van der Waals surface area (Å²) in [5.41, 5.74) is 1.37. The van der Waals surface area contributed by atoms with Crippen molar-refractivity contribution in [2.45, 2.75) is 12.5 Å². The topological polar surface area (TPSA) is 104 Å². The molecule has 0 aliphatic carbocycles. The highest BCUT2D eigenvalue weighted by Gasteiger charge is 2.16.